The van der Waals surface area contributed by atoms with E-state index in [1.807, 2.05) is 6.92 Å². The second-order valence-electron chi connectivity index (χ2n) is 5.81. The van der Waals surface area contributed by atoms with E-state index in [0.717, 1.165) is 10.8 Å². The van der Waals surface area contributed by atoms with Crippen LogP contribution < -0.4 is 10.5 Å². The average molecular weight is 359 g/mol. The zero-order chi connectivity index (χ0) is 17.4. The van der Waals surface area contributed by atoms with E-state index in [1.54, 1.807) is 11.0 Å². The molecule has 0 spiro atoms. The smallest absolute Gasteiger partial charge is 0.275 e. The molecule has 0 N–H and O–H groups in total. The van der Waals surface area contributed by atoms with Crippen molar-refractivity contribution >= 4 is 27.3 Å². The van der Waals surface area contributed by atoms with E-state index in [2.05, 4.69) is 15.0 Å². The number of aromatic nitrogens is 3. The number of hydrogen-bond donors (Lipinski definition) is 0. The molecular formula is C16H17N5O3S. The zero-order valence-electron chi connectivity index (χ0n) is 13.7. The van der Waals surface area contributed by atoms with Crippen molar-refractivity contribution in [2.24, 2.45) is 0 Å². The Morgan fingerprint density at radius 3 is 2.80 bits per heavy atom. The summed E-state index contributed by atoms with van der Waals surface area (Å²) < 4.78 is 6.32. The Balaban J connectivity index is 1.51. The van der Waals surface area contributed by atoms with Crippen molar-refractivity contribution in [2.45, 2.75) is 13.3 Å². The Kier molecular flexibility index (Phi) is 4.00. The maximum atomic E-state index is 12.3. The fraction of sp³-hybridized carbons (Fsp3) is 0.375. The molecule has 1 saturated heterocycles. The third kappa shape index (κ3) is 2.91. The Morgan fingerprint density at radius 2 is 2.12 bits per heavy atom. The van der Waals surface area contributed by atoms with E-state index in [-0.39, 0.29) is 11.5 Å². The van der Waals surface area contributed by atoms with Crippen LogP contribution in [-0.2, 0) is 6.42 Å². The summed E-state index contributed by atoms with van der Waals surface area (Å²) in [4.78, 5) is 33.4. The molecule has 0 unspecified atom stereocenters. The first-order valence-electron chi connectivity index (χ1n) is 8.12. The molecule has 1 fully saturated rings. The van der Waals surface area contributed by atoms with Gasteiger partial charge < -0.3 is 14.2 Å². The number of furan rings is 1. The van der Waals surface area contributed by atoms with Gasteiger partial charge in [-0.3, -0.25) is 9.59 Å². The molecule has 0 aromatic carbocycles. The lowest BCUT2D eigenvalue weighted by Crippen LogP contribution is -2.48. The Morgan fingerprint density at radius 1 is 1.32 bits per heavy atom. The van der Waals surface area contributed by atoms with Crippen LogP contribution in [0.4, 0.5) is 5.13 Å². The van der Waals surface area contributed by atoms with Crippen molar-refractivity contribution in [1.29, 1.82) is 0 Å². The van der Waals surface area contributed by atoms with Crippen molar-refractivity contribution in [2.75, 3.05) is 31.1 Å². The average Bonchev–Trinajstić information content (AvgIpc) is 3.31. The molecule has 130 valence electrons. The summed E-state index contributed by atoms with van der Waals surface area (Å²) >= 11 is 1.40. The highest BCUT2D eigenvalue weighted by Gasteiger charge is 2.25. The molecule has 1 aliphatic rings. The molecule has 0 saturated carbocycles. The normalized spacial score (nSPS) is 15.1. The Labute approximate surface area is 147 Å². The van der Waals surface area contributed by atoms with Gasteiger partial charge in [0.2, 0.25) is 10.1 Å². The first-order chi connectivity index (χ1) is 12.2. The Hall–Kier alpha value is -2.68. The SMILES string of the molecule is CCc1cc(=O)n2nc(N3CCN(C(=O)c4ccoc4)CC3)sc2n1. The molecule has 25 heavy (non-hydrogen) atoms. The van der Waals surface area contributed by atoms with Gasteiger partial charge in [0, 0.05) is 37.9 Å². The van der Waals surface area contributed by atoms with Gasteiger partial charge in [0.05, 0.1) is 11.8 Å². The van der Waals surface area contributed by atoms with Crippen molar-refractivity contribution < 1.29 is 9.21 Å². The highest BCUT2D eigenvalue weighted by molar-refractivity contribution is 7.20. The summed E-state index contributed by atoms with van der Waals surface area (Å²) in [6, 6.07) is 3.20. The second kappa shape index (κ2) is 6.32. The highest BCUT2D eigenvalue weighted by atomic mass is 32.1. The van der Waals surface area contributed by atoms with Gasteiger partial charge in [0.1, 0.15) is 6.26 Å². The second-order valence-corrected chi connectivity index (χ2v) is 6.74. The van der Waals surface area contributed by atoms with E-state index in [9.17, 15) is 9.59 Å². The number of anilines is 1. The van der Waals surface area contributed by atoms with Crippen molar-refractivity contribution in [3.05, 3.63) is 46.3 Å². The molecular weight excluding hydrogens is 342 g/mol. The summed E-state index contributed by atoms with van der Waals surface area (Å²) in [5.41, 5.74) is 1.19. The number of amides is 1. The molecule has 0 radical (unpaired) electrons. The van der Waals surface area contributed by atoms with Crippen molar-refractivity contribution in [1.82, 2.24) is 19.5 Å². The lowest BCUT2D eigenvalue weighted by Gasteiger charge is -2.34. The molecule has 9 heteroatoms. The van der Waals surface area contributed by atoms with Gasteiger partial charge in [-0.15, -0.1) is 5.10 Å². The maximum absolute atomic E-state index is 12.3. The number of fused-ring (bicyclic) bond motifs is 1. The van der Waals surface area contributed by atoms with Gasteiger partial charge in [-0.2, -0.15) is 4.52 Å². The molecule has 0 bridgehead atoms. The van der Waals surface area contributed by atoms with Crippen molar-refractivity contribution in [3.8, 4) is 0 Å². The fourth-order valence-corrected chi connectivity index (χ4v) is 3.80. The van der Waals surface area contributed by atoms with Gasteiger partial charge in [0.25, 0.3) is 11.5 Å². The van der Waals surface area contributed by atoms with Crippen LogP contribution in [-0.4, -0.2) is 51.6 Å². The quantitative estimate of drug-likeness (QED) is 0.700. The summed E-state index contributed by atoms with van der Waals surface area (Å²) in [6.45, 7) is 4.50. The minimum absolute atomic E-state index is 0.0248. The van der Waals surface area contributed by atoms with Gasteiger partial charge >= 0.3 is 0 Å². The predicted molar refractivity (Wildman–Crippen MR) is 93.3 cm³/mol. The maximum Gasteiger partial charge on any atom is 0.275 e. The van der Waals surface area contributed by atoms with Crippen LogP contribution in [0.3, 0.4) is 0 Å². The predicted octanol–water partition coefficient (Wildman–Crippen LogP) is 1.27. The van der Waals surface area contributed by atoms with Crippen LogP contribution in [0.2, 0.25) is 0 Å². The van der Waals surface area contributed by atoms with Crippen LogP contribution in [0.5, 0.6) is 0 Å². The summed E-state index contributed by atoms with van der Waals surface area (Å²) in [5.74, 6) is -0.0248. The van der Waals surface area contributed by atoms with Gasteiger partial charge in [-0.25, -0.2) is 4.98 Å². The molecule has 4 heterocycles. The minimum Gasteiger partial charge on any atom is -0.472 e. The van der Waals surface area contributed by atoms with Crippen LogP contribution in [0, 0.1) is 0 Å². The van der Waals surface area contributed by atoms with Gasteiger partial charge in [-0.1, -0.05) is 18.3 Å². The monoisotopic (exact) mass is 359 g/mol. The van der Waals surface area contributed by atoms with E-state index in [1.165, 1.54) is 34.4 Å². The Bertz CT molecular complexity index is 954. The lowest BCUT2D eigenvalue weighted by atomic mass is 10.2. The summed E-state index contributed by atoms with van der Waals surface area (Å²) in [6.07, 6.45) is 3.68. The van der Waals surface area contributed by atoms with E-state index < -0.39 is 0 Å². The third-order valence-electron chi connectivity index (χ3n) is 4.26. The lowest BCUT2D eigenvalue weighted by molar-refractivity contribution is 0.0746. The standard InChI is InChI=1S/C16H17N5O3S/c1-2-12-9-13(22)21-15(17-12)25-16(18-21)20-6-4-19(5-7-20)14(23)11-3-8-24-10-11/h3,8-10H,2,4-7H2,1H3. The zero-order valence-corrected chi connectivity index (χ0v) is 14.5. The first-order valence-corrected chi connectivity index (χ1v) is 8.93. The van der Waals surface area contributed by atoms with Gasteiger partial charge in [0.15, 0.2) is 0 Å². The van der Waals surface area contributed by atoms with Crippen LogP contribution in [0.25, 0.3) is 4.96 Å². The molecule has 3 aromatic rings. The van der Waals surface area contributed by atoms with Crippen LogP contribution in [0.15, 0.2) is 33.9 Å². The number of carbonyl (C=O) groups excluding carboxylic acids is 1. The molecule has 3 aromatic heterocycles. The topological polar surface area (TPSA) is 84.0 Å². The summed E-state index contributed by atoms with van der Waals surface area (Å²) in [5, 5.41) is 5.16. The van der Waals surface area contributed by atoms with Crippen molar-refractivity contribution in [3.63, 3.8) is 0 Å². The number of hydrogen-bond acceptors (Lipinski definition) is 7. The van der Waals surface area contributed by atoms with Crippen LogP contribution >= 0.6 is 11.3 Å². The number of carbonyl (C=O) groups is 1. The molecule has 1 aliphatic heterocycles. The van der Waals surface area contributed by atoms with E-state index in [4.69, 9.17) is 4.42 Å². The molecule has 4 rings (SSSR count). The number of piperazine rings is 1. The molecule has 1 amide bonds. The number of rotatable bonds is 3. The number of nitrogens with zero attached hydrogens (tertiary/aromatic N) is 5. The minimum atomic E-state index is -0.155. The van der Waals surface area contributed by atoms with E-state index in [0.29, 0.717) is 43.1 Å². The fourth-order valence-electron chi connectivity index (χ4n) is 2.82. The molecule has 8 nitrogen and oxygen atoms in total. The largest absolute Gasteiger partial charge is 0.472 e. The highest BCUT2D eigenvalue weighted by Crippen LogP contribution is 2.23. The van der Waals surface area contributed by atoms with E-state index >= 15 is 0 Å². The first kappa shape index (κ1) is 15.8. The molecule has 0 atom stereocenters. The van der Waals surface area contributed by atoms with Gasteiger partial charge in [-0.05, 0) is 12.5 Å². The van der Waals surface area contributed by atoms with Crippen LogP contribution in [0.1, 0.15) is 23.0 Å². The summed E-state index contributed by atoms with van der Waals surface area (Å²) in [7, 11) is 0. The molecule has 0 aliphatic carbocycles. The third-order valence-corrected chi connectivity index (χ3v) is 5.22. The number of aryl methyl sites for hydroxylation is 1.